The zero-order chi connectivity index (χ0) is 14.8. The first-order valence-electron chi connectivity index (χ1n) is 7.50. The van der Waals surface area contributed by atoms with Gasteiger partial charge in [-0.1, -0.05) is 12.5 Å². The molecule has 2 unspecified atom stereocenters. The molecule has 0 saturated heterocycles. The first-order chi connectivity index (χ1) is 10.1. The van der Waals surface area contributed by atoms with E-state index in [9.17, 15) is 5.11 Å². The van der Waals surface area contributed by atoms with E-state index in [2.05, 4.69) is 16.9 Å². The van der Waals surface area contributed by atoms with Gasteiger partial charge in [0.15, 0.2) is 0 Å². The Hall–Kier alpha value is -1.17. The molecular weight excluding hydrogens is 284 g/mol. The van der Waals surface area contributed by atoms with Gasteiger partial charge in [0.25, 0.3) is 0 Å². The molecule has 0 aliphatic heterocycles. The lowest BCUT2D eigenvalue weighted by Crippen LogP contribution is -2.29. The second kappa shape index (κ2) is 6.30. The third-order valence-electron chi connectivity index (χ3n) is 4.21. The Labute approximate surface area is 129 Å². The molecule has 114 valence electrons. The van der Waals surface area contributed by atoms with Gasteiger partial charge in [0.1, 0.15) is 5.76 Å². The van der Waals surface area contributed by atoms with Gasteiger partial charge in [0, 0.05) is 13.1 Å². The average Bonchev–Trinajstić information content (AvgIpc) is 3.14. The van der Waals surface area contributed by atoms with Crippen LogP contribution in [-0.4, -0.2) is 34.7 Å². The lowest BCUT2D eigenvalue weighted by molar-refractivity contribution is 0.107. The second-order valence-corrected chi connectivity index (χ2v) is 6.90. The number of aromatic nitrogens is 1. The molecule has 1 saturated carbocycles. The Kier molecular flexibility index (Phi) is 4.42. The Morgan fingerprint density at radius 1 is 1.48 bits per heavy atom. The molecule has 0 bridgehead atoms. The van der Waals surface area contributed by atoms with Crippen LogP contribution in [0.25, 0.3) is 10.8 Å². The first-order valence-corrected chi connectivity index (χ1v) is 8.38. The van der Waals surface area contributed by atoms with Crippen molar-refractivity contribution >= 4 is 11.3 Å². The van der Waals surface area contributed by atoms with Crippen molar-refractivity contribution in [2.24, 2.45) is 5.92 Å². The van der Waals surface area contributed by atoms with Crippen LogP contribution in [-0.2, 0) is 6.54 Å². The van der Waals surface area contributed by atoms with Crippen molar-refractivity contribution in [2.45, 2.75) is 38.8 Å². The Morgan fingerprint density at radius 2 is 2.33 bits per heavy atom. The Morgan fingerprint density at radius 3 is 3.00 bits per heavy atom. The second-order valence-electron chi connectivity index (χ2n) is 5.95. The molecule has 1 N–H and O–H groups in total. The maximum Gasteiger partial charge on any atom is 0.236 e. The number of nitrogens with zero attached hydrogens (tertiary/aromatic N) is 2. The van der Waals surface area contributed by atoms with Crippen LogP contribution in [0.5, 0.6) is 0 Å². The molecule has 4 nitrogen and oxygen atoms in total. The standard InChI is InChI=1S/C16H22N2O2S/c1-11-13(17-16(20-11)15-7-4-8-21-15)10-18(2)9-12-5-3-6-14(12)19/h4,7-8,12,14,19H,3,5-6,9-10H2,1-2H3. The molecular formula is C16H22N2O2S. The van der Waals surface area contributed by atoms with E-state index in [1.807, 2.05) is 24.4 Å². The molecule has 1 aliphatic rings. The van der Waals surface area contributed by atoms with E-state index < -0.39 is 0 Å². The minimum absolute atomic E-state index is 0.132. The van der Waals surface area contributed by atoms with Crippen molar-refractivity contribution in [3.8, 4) is 10.8 Å². The van der Waals surface area contributed by atoms with Crippen molar-refractivity contribution in [1.82, 2.24) is 9.88 Å². The van der Waals surface area contributed by atoms with Crippen molar-refractivity contribution in [3.63, 3.8) is 0 Å². The maximum atomic E-state index is 9.93. The van der Waals surface area contributed by atoms with E-state index in [1.54, 1.807) is 11.3 Å². The van der Waals surface area contributed by atoms with E-state index >= 15 is 0 Å². The van der Waals surface area contributed by atoms with Gasteiger partial charge in [-0.05, 0) is 44.2 Å². The predicted molar refractivity (Wildman–Crippen MR) is 84.2 cm³/mol. The van der Waals surface area contributed by atoms with Gasteiger partial charge in [-0.2, -0.15) is 0 Å². The summed E-state index contributed by atoms with van der Waals surface area (Å²) in [6.45, 7) is 3.66. The zero-order valence-electron chi connectivity index (χ0n) is 12.6. The number of hydrogen-bond acceptors (Lipinski definition) is 5. The minimum Gasteiger partial charge on any atom is -0.440 e. The molecule has 0 amide bonds. The summed E-state index contributed by atoms with van der Waals surface area (Å²) >= 11 is 1.64. The molecule has 2 atom stereocenters. The minimum atomic E-state index is -0.132. The number of hydrogen-bond donors (Lipinski definition) is 1. The number of aliphatic hydroxyl groups excluding tert-OH is 1. The average molecular weight is 306 g/mol. The predicted octanol–water partition coefficient (Wildman–Crippen LogP) is 3.30. The molecule has 3 rings (SSSR count). The van der Waals surface area contributed by atoms with Gasteiger partial charge in [0.2, 0.25) is 5.89 Å². The van der Waals surface area contributed by atoms with Crippen LogP contribution in [0.2, 0.25) is 0 Å². The number of rotatable bonds is 5. The zero-order valence-corrected chi connectivity index (χ0v) is 13.4. The Balaban J connectivity index is 1.64. The third-order valence-corrected chi connectivity index (χ3v) is 5.07. The van der Waals surface area contributed by atoms with Gasteiger partial charge >= 0.3 is 0 Å². The fraction of sp³-hybridized carbons (Fsp3) is 0.562. The molecule has 2 aromatic rings. The molecule has 1 fully saturated rings. The van der Waals surface area contributed by atoms with Gasteiger partial charge in [-0.15, -0.1) is 11.3 Å². The van der Waals surface area contributed by atoms with Gasteiger partial charge in [0.05, 0.1) is 16.7 Å². The first kappa shape index (κ1) is 14.8. The molecule has 1 aliphatic carbocycles. The summed E-state index contributed by atoms with van der Waals surface area (Å²) in [5.41, 5.74) is 0.994. The van der Waals surface area contributed by atoms with E-state index in [-0.39, 0.29) is 6.10 Å². The summed E-state index contributed by atoms with van der Waals surface area (Å²) in [5.74, 6) is 2.00. The SMILES string of the molecule is Cc1oc(-c2cccs2)nc1CN(C)CC1CCCC1O. The van der Waals surface area contributed by atoms with E-state index in [4.69, 9.17) is 4.42 Å². The van der Waals surface area contributed by atoms with E-state index in [1.165, 1.54) is 0 Å². The summed E-state index contributed by atoms with van der Waals surface area (Å²) in [7, 11) is 2.09. The molecule has 0 radical (unpaired) electrons. The fourth-order valence-corrected chi connectivity index (χ4v) is 3.68. The summed E-state index contributed by atoms with van der Waals surface area (Å²) in [5, 5.41) is 12.0. The van der Waals surface area contributed by atoms with E-state index in [0.29, 0.717) is 11.8 Å². The number of thiophene rings is 1. The monoisotopic (exact) mass is 306 g/mol. The van der Waals surface area contributed by atoms with Crippen LogP contribution in [0.4, 0.5) is 0 Å². The molecule has 21 heavy (non-hydrogen) atoms. The molecule has 0 spiro atoms. The van der Waals surface area contributed by atoms with E-state index in [0.717, 1.165) is 48.7 Å². The summed E-state index contributed by atoms with van der Waals surface area (Å²) in [4.78, 5) is 7.93. The highest BCUT2D eigenvalue weighted by Gasteiger charge is 2.26. The van der Waals surface area contributed by atoms with Gasteiger partial charge < -0.3 is 14.4 Å². The number of oxazole rings is 1. The largest absolute Gasteiger partial charge is 0.440 e. The third kappa shape index (κ3) is 3.36. The summed E-state index contributed by atoms with van der Waals surface area (Å²) in [6.07, 6.45) is 3.09. The molecule has 0 aromatic carbocycles. The van der Waals surface area contributed by atoms with Crippen LogP contribution in [0.1, 0.15) is 30.7 Å². The van der Waals surface area contributed by atoms with Gasteiger partial charge in [-0.25, -0.2) is 4.98 Å². The quantitative estimate of drug-likeness (QED) is 0.921. The molecule has 5 heteroatoms. The smallest absolute Gasteiger partial charge is 0.236 e. The van der Waals surface area contributed by atoms with Crippen LogP contribution in [0.15, 0.2) is 21.9 Å². The van der Waals surface area contributed by atoms with Crippen LogP contribution in [0, 0.1) is 12.8 Å². The lowest BCUT2D eigenvalue weighted by Gasteiger charge is -2.22. The topological polar surface area (TPSA) is 49.5 Å². The van der Waals surface area contributed by atoms with Crippen molar-refractivity contribution in [3.05, 3.63) is 29.0 Å². The molecule has 2 heterocycles. The molecule has 2 aromatic heterocycles. The van der Waals surface area contributed by atoms with Crippen molar-refractivity contribution in [2.75, 3.05) is 13.6 Å². The highest BCUT2D eigenvalue weighted by atomic mass is 32.1. The van der Waals surface area contributed by atoms with Crippen molar-refractivity contribution < 1.29 is 9.52 Å². The maximum absolute atomic E-state index is 9.93. The number of aryl methyl sites for hydroxylation is 1. The van der Waals surface area contributed by atoms with Gasteiger partial charge in [-0.3, -0.25) is 0 Å². The Bertz CT molecular complexity index is 579. The highest BCUT2D eigenvalue weighted by molar-refractivity contribution is 7.13. The summed E-state index contributed by atoms with van der Waals surface area (Å²) in [6, 6.07) is 4.03. The fourth-order valence-electron chi connectivity index (χ4n) is 3.03. The van der Waals surface area contributed by atoms with Crippen LogP contribution < -0.4 is 0 Å². The van der Waals surface area contributed by atoms with Crippen LogP contribution >= 0.6 is 11.3 Å². The number of aliphatic hydroxyl groups is 1. The van der Waals surface area contributed by atoms with Crippen molar-refractivity contribution in [1.29, 1.82) is 0 Å². The normalized spacial score (nSPS) is 22.3. The lowest BCUT2D eigenvalue weighted by atomic mass is 10.1. The summed E-state index contributed by atoms with van der Waals surface area (Å²) < 4.78 is 5.77. The van der Waals surface area contributed by atoms with Crippen LogP contribution in [0.3, 0.4) is 0 Å². The highest BCUT2D eigenvalue weighted by Crippen LogP contribution is 2.28.